The van der Waals surface area contributed by atoms with Crippen LogP contribution in [0.2, 0.25) is 0 Å². The molecule has 0 atom stereocenters. The van der Waals surface area contributed by atoms with Gasteiger partial charge in [0.05, 0.1) is 0 Å². The maximum absolute atomic E-state index is 11.5. The highest BCUT2D eigenvalue weighted by atomic mass is 16.3. The van der Waals surface area contributed by atoms with Gasteiger partial charge in [-0.05, 0) is 22.9 Å². The first-order valence-electron chi connectivity index (χ1n) is 6.09. The summed E-state index contributed by atoms with van der Waals surface area (Å²) in [6, 6.07) is 17.7. The minimum atomic E-state index is -0.216. The predicted molar refractivity (Wildman–Crippen MR) is 75.0 cm³/mol. The van der Waals surface area contributed by atoms with E-state index in [-0.39, 0.29) is 5.91 Å². The SMILES string of the molecule is CNC(=O)c1ccc(-c2cccc3ccccc23)o1. The van der Waals surface area contributed by atoms with Gasteiger partial charge in [-0.15, -0.1) is 0 Å². The quantitative estimate of drug-likeness (QED) is 0.757. The van der Waals surface area contributed by atoms with Gasteiger partial charge in [-0.3, -0.25) is 4.79 Å². The standard InChI is InChI=1S/C16H13NO2/c1-17-16(18)15-10-9-14(19-15)13-8-4-6-11-5-2-3-7-12(11)13/h2-10H,1H3,(H,17,18). The number of amides is 1. The molecular weight excluding hydrogens is 238 g/mol. The molecule has 0 unspecified atom stereocenters. The van der Waals surface area contributed by atoms with Crippen molar-refractivity contribution in [2.45, 2.75) is 0 Å². The molecule has 1 heterocycles. The summed E-state index contributed by atoms with van der Waals surface area (Å²) in [7, 11) is 1.59. The molecule has 3 aromatic rings. The lowest BCUT2D eigenvalue weighted by Gasteiger charge is -2.03. The van der Waals surface area contributed by atoms with Gasteiger partial charge < -0.3 is 9.73 Å². The van der Waals surface area contributed by atoms with Gasteiger partial charge >= 0.3 is 0 Å². The predicted octanol–water partition coefficient (Wildman–Crippen LogP) is 3.46. The molecule has 3 nitrogen and oxygen atoms in total. The van der Waals surface area contributed by atoms with Gasteiger partial charge in [0, 0.05) is 12.6 Å². The van der Waals surface area contributed by atoms with E-state index in [1.807, 2.05) is 36.4 Å². The number of rotatable bonds is 2. The summed E-state index contributed by atoms with van der Waals surface area (Å²) in [5.41, 5.74) is 0.994. The van der Waals surface area contributed by atoms with Gasteiger partial charge in [0.15, 0.2) is 5.76 Å². The Bertz CT molecular complexity index is 738. The number of carbonyl (C=O) groups excluding carboxylic acids is 1. The molecule has 0 spiro atoms. The van der Waals surface area contributed by atoms with Crippen molar-refractivity contribution in [1.29, 1.82) is 0 Å². The molecule has 0 aliphatic rings. The fourth-order valence-electron chi connectivity index (χ4n) is 2.17. The zero-order chi connectivity index (χ0) is 13.2. The first kappa shape index (κ1) is 11.5. The van der Waals surface area contributed by atoms with Crippen LogP contribution in [0.1, 0.15) is 10.6 Å². The van der Waals surface area contributed by atoms with Crippen LogP contribution in [0.15, 0.2) is 59.0 Å². The Morgan fingerprint density at radius 1 is 1.00 bits per heavy atom. The van der Waals surface area contributed by atoms with Gasteiger partial charge in [-0.1, -0.05) is 42.5 Å². The van der Waals surface area contributed by atoms with E-state index in [1.165, 1.54) is 0 Å². The Kier molecular flexibility index (Phi) is 2.80. The molecule has 3 rings (SSSR count). The van der Waals surface area contributed by atoms with E-state index >= 15 is 0 Å². The summed E-state index contributed by atoms with van der Waals surface area (Å²) in [5.74, 6) is 0.812. The van der Waals surface area contributed by atoms with Gasteiger partial charge in [0.1, 0.15) is 5.76 Å². The summed E-state index contributed by atoms with van der Waals surface area (Å²) in [4.78, 5) is 11.5. The normalized spacial score (nSPS) is 10.6. The molecule has 0 bridgehead atoms. The largest absolute Gasteiger partial charge is 0.451 e. The maximum Gasteiger partial charge on any atom is 0.286 e. The van der Waals surface area contributed by atoms with Crippen LogP contribution >= 0.6 is 0 Å². The number of hydrogen-bond acceptors (Lipinski definition) is 2. The number of hydrogen-bond donors (Lipinski definition) is 1. The molecule has 3 heteroatoms. The number of carbonyl (C=O) groups is 1. The van der Waals surface area contributed by atoms with E-state index in [9.17, 15) is 4.79 Å². The lowest BCUT2D eigenvalue weighted by molar-refractivity contribution is 0.0936. The van der Waals surface area contributed by atoms with Crippen molar-refractivity contribution < 1.29 is 9.21 Å². The second kappa shape index (κ2) is 4.61. The average molecular weight is 251 g/mol. The number of furan rings is 1. The van der Waals surface area contributed by atoms with Crippen LogP contribution < -0.4 is 5.32 Å². The molecule has 19 heavy (non-hydrogen) atoms. The van der Waals surface area contributed by atoms with Gasteiger partial charge in [0.25, 0.3) is 5.91 Å². The number of nitrogens with one attached hydrogen (secondary N) is 1. The second-order valence-corrected chi connectivity index (χ2v) is 4.27. The van der Waals surface area contributed by atoms with Crippen LogP contribution in [-0.2, 0) is 0 Å². The Balaban J connectivity index is 2.14. The smallest absolute Gasteiger partial charge is 0.286 e. The highest BCUT2D eigenvalue weighted by molar-refractivity contribution is 5.96. The summed E-state index contributed by atoms with van der Waals surface area (Å²) in [5, 5.41) is 4.82. The molecule has 0 aliphatic heterocycles. The Morgan fingerprint density at radius 2 is 1.79 bits per heavy atom. The third-order valence-corrected chi connectivity index (χ3v) is 3.11. The van der Waals surface area contributed by atoms with E-state index in [4.69, 9.17) is 4.42 Å². The van der Waals surface area contributed by atoms with Crippen molar-refractivity contribution in [2.75, 3.05) is 7.05 Å². The maximum atomic E-state index is 11.5. The third-order valence-electron chi connectivity index (χ3n) is 3.11. The first-order chi connectivity index (χ1) is 9.29. The van der Waals surface area contributed by atoms with Crippen molar-refractivity contribution >= 4 is 16.7 Å². The molecule has 0 aliphatic carbocycles. The third kappa shape index (κ3) is 1.99. The number of fused-ring (bicyclic) bond motifs is 1. The van der Waals surface area contributed by atoms with E-state index in [0.29, 0.717) is 11.5 Å². The summed E-state index contributed by atoms with van der Waals surface area (Å²) in [6.45, 7) is 0. The fourth-order valence-corrected chi connectivity index (χ4v) is 2.17. The first-order valence-corrected chi connectivity index (χ1v) is 6.09. The molecule has 2 aromatic carbocycles. The molecule has 0 fully saturated rings. The average Bonchev–Trinajstić information content (AvgIpc) is 2.95. The van der Waals surface area contributed by atoms with Crippen molar-refractivity contribution in [3.05, 3.63) is 60.4 Å². The Hall–Kier alpha value is -2.55. The van der Waals surface area contributed by atoms with Crippen molar-refractivity contribution in [2.24, 2.45) is 0 Å². The summed E-state index contributed by atoms with van der Waals surface area (Å²) < 4.78 is 5.62. The van der Waals surface area contributed by atoms with Crippen molar-refractivity contribution in [3.63, 3.8) is 0 Å². The molecule has 1 N–H and O–H groups in total. The zero-order valence-corrected chi connectivity index (χ0v) is 10.5. The monoisotopic (exact) mass is 251 g/mol. The molecular formula is C16H13NO2. The lowest BCUT2D eigenvalue weighted by Crippen LogP contribution is -2.16. The summed E-state index contributed by atoms with van der Waals surface area (Å²) in [6.07, 6.45) is 0. The highest BCUT2D eigenvalue weighted by Crippen LogP contribution is 2.29. The zero-order valence-electron chi connectivity index (χ0n) is 10.5. The second-order valence-electron chi connectivity index (χ2n) is 4.27. The fraction of sp³-hybridized carbons (Fsp3) is 0.0625. The Labute approximate surface area is 110 Å². The molecule has 1 amide bonds. The highest BCUT2D eigenvalue weighted by Gasteiger charge is 2.12. The van der Waals surface area contributed by atoms with Crippen LogP contribution in [0.4, 0.5) is 0 Å². The van der Waals surface area contributed by atoms with Crippen LogP contribution in [0.25, 0.3) is 22.1 Å². The minimum absolute atomic E-state index is 0.216. The molecule has 0 saturated carbocycles. The molecule has 0 saturated heterocycles. The van der Waals surface area contributed by atoms with Gasteiger partial charge in [-0.2, -0.15) is 0 Å². The van der Waals surface area contributed by atoms with Crippen LogP contribution in [0, 0.1) is 0 Å². The van der Waals surface area contributed by atoms with Crippen molar-refractivity contribution in [1.82, 2.24) is 5.32 Å². The van der Waals surface area contributed by atoms with E-state index < -0.39 is 0 Å². The lowest BCUT2D eigenvalue weighted by atomic mass is 10.0. The molecule has 0 radical (unpaired) electrons. The minimum Gasteiger partial charge on any atom is -0.451 e. The Morgan fingerprint density at radius 3 is 2.63 bits per heavy atom. The molecule has 94 valence electrons. The van der Waals surface area contributed by atoms with E-state index in [1.54, 1.807) is 13.1 Å². The van der Waals surface area contributed by atoms with E-state index in [2.05, 4.69) is 17.4 Å². The molecule has 1 aromatic heterocycles. The van der Waals surface area contributed by atoms with Gasteiger partial charge in [-0.25, -0.2) is 0 Å². The van der Waals surface area contributed by atoms with Crippen LogP contribution in [0.3, 0.4) is 0 Å². The van der Waals surface area contributed by atoms with Crippen LogP contribution in [-0.4, -0.2) is 13.0 Å². The van der Waals surface area contributed by atoms with Gasteiger partial charge in [0.2, 0.25) is 0 Å². The van der Waals surface area contributed by atoms with Crippen LogP contribution in [0.5, 0.6) is 0 Å². The summed E-state index contributed by atoms with van der Waals surface area (Å²) >= 11 is 0. The topological polar surface area (TPSA) is 42.2 Å². The number of benzene rings is 2. The van der Waals surface area contributed by atoms with Crippen molar-refractivity contribution in [3.8, 4) is 11.3 Å². The van der Waals surface area contributed by atoms with E-state index in [0.717, 1.165) is 16.3 Å².